The number of carboxylic acids is 1. The molecule has 14 heteroatoms. The molecular weight excluding hydrogens is 547 g/mol. The molecule has 0 saturated carbocycles. The van der Waals surface area contributed by atoms with Crippen LogP contribution in [0, 0.1) is 11.3 Å². The van der Waals surface area contributed by atoms with E-state index < -0.39 is 35.4 Å². The van der Waals surface area contributed by atoms with Gasteiger partial charge in [0.15, 0.2) is 11.3 Å². The Bertz CT molecular complexity index is 1790. The van der Waals surface area contributed by atoms with E-state index in [1.165, 1.54) is 30.3 Å². The van der Waals surface area contributed by atoms with Crippen LogP contribution in [-0.4, -0.2) is 34.0 Å². The highest BCUT2D eigenvalue weighted by Crippen LogP contribution is 2.43. The van der Waals surface area contributed by atoms with Crippen LogP contribution in [0.5, 0.6) is 0 Å². The number of aromatic nitrogens is 1. The number of carbonyl (C=O) groups excluding carboxylic acids is 3. The Morgan fingerprint density at radius 1 is 0.902 bits per heavy atom. The average Bonchev–Trinajstić information content (AvgIpc) is 3.30. The minimum atomic E-state index is -4.88. The van der Waals surface area contributed by atoms with E-state index in [0.29, 0.717) is 0 Å². The fourth-order valence-corrected chi connectivity index (χ4v) is 4.04. The molecular formula is C27H18F3N5O6. The zero-order valence-electron chi connectivity index (χ0n) is 21.1. The molecule has 1 heterocycles. The molecule has 0 spiro atoms. The monoisotopic (exact) mass is 565 g/mol. The van der Waals surface area contributed by atoms with E-state index >= 15 is 0 Å². The van der Waals surface area contributed by atoms with Crippen LogP contribution in [0.3, 0.4) is 0 Å². The summed E-state index contributed by atoms with van der Waals surface area (Å²) in [5.41, 5.74) is -2.82. The van der Waals surface area contributed by atoms with Gasteiger partial charge in [-0.1, -0.05) is 11.2 Å². The van der Waals surface area contributed by atoms with Crippen LogP contribution in [-0.2, 0) is 15.8 Å². The van der Waals surface area contributed by atoms with E-state index in [9.17, 15) is 37.5 Å². The van der Waals surface area contributed by atoms with Crippen molar-refractivity contribution >= 4 is 51.7 Å². The van der Waals surface area contributed by atoms with Gasteiger partial charge >= 0.3 is 12.1 Å². The van der Waals surface area contributed by atoms with Gasteiger partial charge in [0.05, 0.1) is 39.5 Å². The van der Waals surface area contributed by atoms with E-state index in [2.05, 4.69) is 21.1 Å². The molecule has 0 saturated heterocycles. The number of carbonyl (C=O) groups is 4. The molecule has 1 aromatic heterocycles. The van der Waals surface area contributed by atoms with Gasteiger partial charge in [-0.15, -0.1) is 0 Å². The number of nitriles is 1. The van der Waals surface area contributed by atoms with Crippen LogP contribution in [0.2, 0.25) is 0 Å². The number of nitrogens with one attached hydrogen (secondary N) is 3. The molecule has 0 radical (unpaired) electrons. The summed E-state index contributed by atoms with van der Waals surface area (Å²) in [6, 6.07) is 10.8. The number of alkyl halides is 3. The molecule has 3 aromatic carbocycles. The smallest absolute Gasteiger partial charge is 0.417 e. The van der Waals surface area contributed by atoms with Crippen molar-refractivity contribution in [1.82, 2.24) is 5.16 Å². The average molecular weight is 565 g/mol. The zero-order valence-corrected chi connectivity index (χ0v) is 21.1. The first-order chi connectivity index (χ1) is 19.3. The van der Waals surface area contributed by atoms with Crippen LogP contribution >= 0.6 is 0 Å². The molecule has 0 aliphatic rings. The Morgan fingerprint density at radius 2 is 1.61 bits per heavy atom. The number of amides is 3. The van der Waals surface area contributed by atoms with Crippen molar-refractivity contribution in [1.29, 1.82) is 5.26 Å². The fourth-order valence-electron chi connectivity index (χ4n) is 4.04. The number of halogens is 3. The maximum Gasteiger partial charge on any atom is 0.417 e. The van der Waals surface area contributed by atoms with Crippen molar-refractivity contribution in [2.75, 3.05) is 16.0 Å². The Balaban J connectivity index is 1.87. The lowest BCUT2D eigenvalue weighted by Crippen LogP contribution is -2.16. The summed E-state index contributed by atoms with van der Waals surface area (Å²) in [6.07, 6.45) is -4.88. The number of anilines is 3. The third-order valence-electron chi connectivity index (χ3n) is 5.70. The third-order valence-corrected chi connectivity index (χ3v) is 5.70. The van der Waals surface area contributed by atoms with Crippen LogP contribution in [0.1, 0.15) is 45.8 Å². The van der Waals surface area contributed by atoms with Gasteiger partial charge in [0, 0.05) is 31.2 Å². The van der Waals surface area contributed by atoms with Crippen molar-refractivity contribution in [2.45, 2.75) is 20.0 Å². The van der Waals surface area contributed by atoms with Gasteiger partial charge in [-0.25, -0.2) is 4.79 Å². The quantitative estimate of drug-likeness (QED) is 0.245. The Hall–Kier alpha value is -5.71. The van der Waals surface area contributed by atoms with Gasteiger partial charge in [0.25, 0.3) is 5.91 Å². The standard InChI is InChI=1S/C27H18F3N5O6/c1-12(36)32-15-4-5-16(20(8-15)27(28,29)30)17-9-19-23(10-22(17)33-13(2)37)41-35-24(19)25(38)34-21-6-3-14(11-31)7-18(21)26(39)40/h3-10H,1-2H3,(H,32,36)(H,33,37)(H,34,38)(H,39,40). The highest BCUT2D eigenvalue weighted by atomic mass is 19.4. The van der Waals surface area contributed by atoms with Crippen molar-refractivity contribution < 1.29 is 42.0 Å². The van der Waals surface area contributed by atoms with Gasteiger partial charge < -0.3 is 25.6 Å². The molecule has 0 bridgehead atoms. The molecule has 0 aliphatic carbocycles. The summed E-state index contributed by atoms with van der Waals surface area (Å²) in [5, 5.41) is 29.3. The van der Waals surface area contributed by atoms with Gasteiger partial charge in [-0.3, -0.25) is 14.4 Å². The summed E-state index contributed by atoms with van der Waals surface area (Å²) in [7, 11) is 0. The van der Waals surface area contributed by atoms with Crippen molar-refractivity contribution in [3.05, 3.63) is 70.9 Å². The maximum atomic E-state index is 14.1. The van der Waals surface area contributed by atoms with Crippen LogP contribution < -0.4 is 16.0 Å². The fraction of sp³-hybridized carbons (Fsp3) is 0.111. The lowest BCUT2D eigenvalue weighted by molar-refractivity contribution is -0.137. The predicted molar refractivity (Wildman–Crippen MR) is 139 cm³/mol. The predicted octanol–water partition coefficient (Wildman–Crippen LogP) is 5.25. The first-order valence-corrected chi connectivity index (χ1v) is 11.6. The summed E-state index contributed by atoms with van der Waals surface area (Å²) in [6.45, 7) is 2.29. The van der Waals surface area contributed by atoms with Crippen LogP contribution in [0.15, 0.2) is 53.1 Å². The Labute approximate surface area is 228 Å². The topological polar surface area (TPSA) is 174 Å². The van der Waals surface area contributed by atoms with E-state index in [1.54, 1.807) is 6.07 Å². The first-order valence-electron chi connectivity index (χ1n) is 11.6. The van der Waals surface area contributed by atoms with Gasteiger partial charge in [-0.2, -0.15) is 18.4 Å². The molecule has 0 unspecified atom stereocenters. The lowest BCUT2D eigenvalue weighted by atomic mass is 9.95. The number of benzene rings is 3. The van der Waals surface area contributed by atoms with E-state index in [0.717, 1.165) is 32.0 Å². The summed E-state index contributed by atoms with van der Waals surface area (Å²) in [4.78, 5) is 48.1. The molecule has 0 aliphatic heterocycles. The van der Waals surface area contributed by atoms with Gasteiger partial charge in [0.1, 0.15) is 0 Å². The van der Waals surface area contributed by atoms with Crippen molar-refractivity contribution in [2.24, 2.45) is 0 Å². The summed E-state index contributed by atoms with van der Waals surface area (Å²) < 4.78 is 47.6. The molecule has 11 nitrogen and oxygen atoms in total. The summed E-state index contributed by atoms with van der Waals surface area (Å²) in [5.74, 6) is -3.56. The molecule has 3 amide bonds. The van der Waals surface area contributed by atoms with Gasteiger partial charge in [0.2, 0.25) is 11.8 Å². The highest BCUT2D eigenvalue weighted by molar-refractivity contribution is 6.14. The highest BCUT2D eigenvalue weighted by Gasteiger charge is 2.35. The number of hydrogen-bond donors (Lipinski definition) is 4. The third kappa shape index (κ3) is 5.98. The number of carboxylic acid groups (broad SMARTS) is 1. The SMILES string of the molecule is CC(=O)Nc1ccc(-c2cc3c(C(=O)Nc4ccc(C#N)cc4C(=O)O)noc3cc2NC(C)=O)c(C(F)(F)F)c1. The minimum Gasteiger partial charge on any atom is -0.478 e. The second-order valence-electron chi connectivity index (χ2n) is 8.68. The normalized spacial score (nSPS) is 11.0. The van der Waals surface area contributed by atoms with E-state index in [4.69, 9.17) is 9.78 Å². The number of hydrogen-bond acceptors (Lipinski definition) is 7. The number of nitrogens with zero attached hydrogens (tertiary/aromatic N) is 2. The lowest BCUT2D eigenvalue weighted by Gasteiger charge is -2.18. The minimum absolute atomic E-state index is 0.0346. The Morgan fingerprint density at radius 3 is 2.22 bits per heavy atom. The van der Waals surface area contributed by atoms with Crippen LogP contribution in [0.4, 0.5) is 30.2 Å². The first kappa shape index (κ1) is 28.3. The largest absolute Gasteiger partial charge is 0.478 e. The van der Waals surface area contributed by atoms with Crippen molar-refractivity contribution in [3.63, 3.8) is 0 Å². The van der Waals surface area contributed by atoms with E-state index in [-0.39, 0.29) is 56.0 Å². The number of fused-ring (bicyclic) bond motifs is 1. The molecule has 4 aromatic rings. The van der Waals surface area contributed by atoms with E-state index in [1.807, 2.05) is 0 Å². The number of rotatable bonds is 6. The maximum absolute atomic E-state index is 14.1. The van der Waals surface area contributed by atoms with Crippen LogP contribution in [0.25, 0.3) is 22.1 Å². The number of aromatic carboxylic acids is 1. The molecule has 208 valence electrons. The molecule has 0 fully saturated rings. The second kappa shape index (κ2) is 10.8. The zero-order chi connectivity index (χ0) is 30.1. The molecule has 41 heavy (non-hydrogen) atoms. The van der Waals surface area contributed by atoms with Gasteiger partial charge in [-0.05, 0) is 42.0 Å². The van der Waals surface area contributed by atoms with Crippen molar-refractivity contribution in [3.8, 4) is 17.2 Å². The Kier molecular flexibility index (Phi) is 7.46. The second-order valence-corrected chi connectivity index (χ2v) is 8.68. The molecule has 4 N–H and O–H groups in total. The molecule has 4 rings (SSSR count). The molecule has 0 atom stereocenters. The summed E-state index contributed by atoms with van der Waals surface area (Å²) >= 11 is 0.